The van der Waals surface area contributed by atoms with Crippen LogP contribution in [0.25, 0.3) is 33.5 Å². The summed E-state index contributed by atoms with van der Waals surface area (Å²) < 4.78 is 27.0. The van der Waals surface area contributed by atoms with Crippen molar-refractivity contribution >= 4 is 11.0 Å². The molecule has 32 heavy (non-hydrogen) atoms. The Balaban J connectivity index is 1.57. The monoisotopic (exact) mass is 430 g/mol. The van der Waals surface area contributed by atoms with Crippen LogP contribution in [0.3, 0.4) is 0 Å². The zero-order valence-electron chi connectivity index (χ0n) is 17.9. The summed E-state index contributed by atoms with van der Waals surface area (Å²) in [5, 5.41) is 0. The predicted octanol–water partition coefficient (Wildman–Crippen LogP) is 4.99. The van der Waals surface area contributed by atoms with Crippen LogP contribution in [0.2, 0.25) is 0 Å². The first-order chi connectivity index (χ1) is 15.5. The van der Waals surface area contributed by atoms with E-state index in [4.69, 9.17) is 9.97 Å². The van der Waals surface area contributed by atoms with Crippen molar-refractivity contribution in [3.63, 3.8) is 0 Å². The highest BCUT2D eigenvalue weighted by Crippen LogP contribution is 2.31. The van der Waals surface area contributed by atoms with Gasteiger partial charge in [0.2, 0.25) is 0 Å². The Kier molecular flexibility index (Phi) is 5.64. The minimum Gasteiger partial charge on any atom is -0.304 e. The van der Waals surface area contributed by atoms with Gasteiger partial charge in [-0.25, -0.2) is 18.7 Å². The maximum Gasteiger partial charge on any atom is 0.123 e. The third kappa shape index (κ3) is 4.38. The van der Waals surface area contributed by atoms with Crippen LogP contribution in [0, 0.1) is 11.6 Å². The van der Waals surface area contributed by atoms with Gasteiger partial charge in [0.1, 0.15) is 11.6 Å². The van der Waals surface area contributed by atoms with E-state index < -0.39 is 0 Å². The summed E-state index contributed by atoms with van der Waals surface area (Å²) in [6.45, 7) is 5.11. The molecular formula is C26H24F2N4. The topological polar surface area (TPSA) is 32.3 Å². The van der Waals surface area contributed by atoms with Crippen LogP contribution >= 0.6 is 0 Å². The van der Waals surface area contributed by atoms with Gasteiger partial charge in [-0.3, -0.25) is 4.90 Å². The van der Waals surface area contributed by atoms with Crippen molar-refractivity contribution in [3.05, 3.63) is 83.9 Å². The molecule has 0 saturated carbocycles. The maximum absolute atomic E-state index is 13.5. The van der Waals surface area contributed by atoms with Crippen molar-refractivity contribution < 1.29 is 8.78 Å². The standard InChI is InChI=1S/C26H24F2N4/c1-31-12-14-32(15-13-31)17-18-2-11-23-24(16-18)30-26(20-5-9-22(28)10-6-20)25(29-23)19-3-7-21(27)8-4-19/h2-11,16H,12-15,17H2,1H3. The van der Waals surface area contributed by atoms with Gasteiger partial charge in [-0.1, -0.05) is 6.07 Å². The molecule has 0 bridgehead atoms. The number of piperazine rings is 1. The minimum atomic E-state index is -0.306. The molecule has 0 amide bonds. The van der Waals surface area contributed by atoms with Crippen molar-refractivity contribution in [2.75, 3.05) is 33.2 Å². The van der Waals surface area contributed by atoms with Crippen LogP contribution in [0.1, 0.15) is 5.56 Å². The Labute approximate surface area is 186 Å². The Morgan fingerprint density at radius 3 is 1.78 bits per heavy atom. The molecule has 0 atom stereocenters. The third-order valence-corrected chi connectivity index (χ3v) is 5.97. The highest BCUT2D eigenvalue weighted by atomic mass is 19.1. The Hall–Kier alpha value is -3.22. The number of benzene rings is 3. The predicted molar refractivity (Wildman–Crippen MR) is 123 cm³/mol. The molecule has 1 aromatic heterocycles. The van der Waals surface area contributed by atoms with E-state index in [2.05, 4.69) is 29.0 Å². The largest absolute Gasteiger partial charge is 0.304 e. The van der Waals surface area contributed by atoms with Gasteiger partial charge < -0.3 is 4.90 Å². The van der Waals surface area contributed by atoms with Crippen LogP contribution < -0.4 is 0 Å². The fourth-order valence-electron chi connectivity index (χ4n) is 4.08. The molecule has 1 saturated heterocycles. The zero-order valence-corrected chi connectivity index (χ0v) is 17.9. The number of halogens is 2. The van der Waals surface area contributed by atoms with Gasteiger partial charge in [-0.05, 0) is 73.3 Å². The zero-order chi connectivity index (χ0) is 22.1. The van der Waals surface area contributed by atoms with Gasteiger partial charge in [0, 0.05) is 43.9 Å². The third-order valence-electron chi connectivity index (χ3n) is 5.97. The van der Waals surface area contributed by atoms with E-state index in [0.29, 0.717) is 11.4 Å². The number of nitrogens with zero attached hydrogens (tertiary/aromatic N) is 4. The van der Waals surface area contributed by atoms with Gasteiger partial charge in [-0.15, -0.1) is 0 Å². The molecule has 1 aliphatic rings. The molecule has 4 nitrogen and oxygen atoms in total. The summed E-state index contributed by atoms with van der Waals surface area (Å²) >= 11 is 0. The highest BCUT2D eigenvalue weighted by Gasteiger charge is 2.16. The fourth-order valence-corrected chi connectivity index (χ4v) is 4.08. The summed E-state index contributed by atoms with van der Waals surface area (Å²) in [5.41, 5.74) is 5.60. The Bertz CT molecular complexity index is 1230. The number of rotatable bonds is 4. The van der Waals surface area contributed by atoms with E-state index in [-0.39, 0.29) is 11.6 Å². The molecule has 4 aromatic rings. The van der Waals surface area contributed by atoms with Crippen LogP contribution in [0.15, 0.2) is 66.7 Å². The summed E-state index contributed by atoms with van der Waals surface area (Å²) in [7, 11) is 2.15. The van der Waals surface area contributed by atoms with Crippen molar-refractivity contribution in [1.82, 2.24) is 19.8 Å². The normalized spacial score (nSPS) is 15.3. The van der Waals surface area contributed by atoms with Gasteiger partial charge in [0.15, 0.2) is 0 Å². The number of hydrogen-bond donors (Lipinski definition) is 0. The number of likely N-dealkylation sites (N-methyl/N-ethyl adjacent to an activating group) is 1. The van der Waals surface area contributed by atoms with Gasteiger partial charge >= 0.3 is 0 Å². The number of fused-ring (bicyclic) bond motifs is 1. The first-order valence-corrected chi connectivity index (χ1v) is 10.8. The second-order valence-corrected chi connectivity index (χ2v) is 8.34. The fraction of sp³-hybridized carbons (Fsp3) is 0.231. The highest BCUT2D eigenvalue weighted by molar-refractivity contribution is 5.86. The van der Waals surface area contributed by atoms with Crippen molar-refractivity contribution in [3.8, 4) is 22.5 Å². The van der Waals surface area contributed by atoms with E-state index >= 15 is 0 Å². The van der Waals surface area contributed by atoms with Crippen LogP contribution in [-0.4, -0.2) is 53.0 Å². The van der Waals surface area contributed by atoms with Crippen molar-refractivity contribution in [1.29, 1.82) is 0 Å². The molecule has 0 N–H and O–H groups in total. The lowest BCUT2D eigenvalue weighted by Gasteiger charge is -2.32. The molecule has 6 heteroatoms. The molecule has 162 valence electrons. The first kappa shape index (κ1) is 20.7. The van der Waals surface area contributed by atoms with Gasteiger partial charge in [0.25, 0.3) is 0 Å². The average molecular weight is 431 g/mol. The molecule has 2 heterocycles. The van der Waals surface area contributed by atoms with E-state index in [0.717, 1.165) is 54.9 Å². The summed E-state index contributed by atoms with van der Waals surface area (Å²) in [5.74, 6) is -0.611. The SMILES string of the molecule is CN1CCN(Cc2ccc3nc(-c4ccc(F)cc4)c(-c4ccc(F)cc4)nc3c2)CC1. The Morgan fingerprint density at radius 1 is 0.688 bits per heavy atom. The molecule has 3 aromatic carbocycles. The smallest absolute Gasteiger partial charge is 0.123 e. The average Bonchev–Trinajstić information content (AvgIpc) is 2.81. The summed E-state index contributed by atoms with van der Waals surface area (Å²) in [6.07, 6.45) is 0. The molecule has 1 aliphatic heterocycles. The number of hydrogen-bond acceptors (Lipinski definition) is 4. The lowest BCUT2D eigenvalue weighted by molar-refractivity contribution is 0.148. The quantitative estimate of drug-likeness (QED) is 0.457. The summed E-state index contributed by atoms with van der Waals surface area (Å²) in [4.78, 5) is 14.6. The van der Waals surface area contributed by atoms with E-state index in [1.54, 1.807) is 24.3 Å². The molecule has 1 fully saturated rings. The second-order valence-electron chi connectivity index (χ2n) is 8.34. The van der Waals surface area contributed by atoms with E-state index in [9.17, 15) is 8.78 Å². The minimum absolute atomic E-state index is 0.305. The molecule has 5 rings (SSSR count). The van der Waals surface area contributed by atoms with Crippen LogP contribution in [0.5, 0.6) is 0 Å². The van der Waals surface area contributed by atoms with Gasteiger partial charge in [-0.2, -0.15) is 0 Å². The van der Waals surface area contributed by atoms with E-state index in [1.807, 2.05) is 6.07 Å². The molecule has 0 unspecified atom stereocenters. The Morgan fingerprint density at radius 2 is 1.22 bits per heavy atom. The lowest BCUT2D eigenvalue weighted by Crippen LogP contribution is -2.43. The van der Waals surface area contributed by atoms with Crippen LogP contribution in [-0.2, 0) is 6.54 Å². The molecule has 0 aliphatic carbocycles. The number of aromatic nitrogens is 2. The molecule has 0 radical (unpaired) electrons. The van der Waals surface area contributed by atoms with Crippen molar-refractivity contribution in [2.45, 2.75) is 6.54 Å². The van der Waals surface area contributed by atoms with E-state index in [1.165, 1.54) is 29.8 Å². The molecular weight excluding hydrogens is 406 g/mol. The maximum atomic E-state index is 13.5. The second kappa shape index (κ2) is 8.73. The van der Waals surface area contributed by atoms with Gasteiger partial charge in [0.05, 0.1) is 22.4 Å². The summed E-state index contributed by atoms with van der Waals surface area (Å²) in [6, 6.07) is 18.6. The van der Waals surface area contributed by atoms with Crippen molar-refractivity contribution in [2.24, 2.45) is 0 Å². The molecule has 0 spiro atoms. The lowest BCUT2D eigenvalue weighted by atomic mass is 10.0. The first-order valence-electron chi connectivity index (χ1n) is 10.8. The van der Waals surface area contributed by atoms with Crippen LogP contribution in [0.4, 0.5) is 8.78 Å².